The number of benzene rings is 3. The van der Waals surface area contributed by atoms with Crippen LogP contribution < -0.4 is 10.6 Å². The highest BCUT2D eigenvalue weighted by atomic mass is 35.5. The molecule has 0 fully saturated rings. The number of thiazole rings is 1. The van der Waals surface area contributed by atoms with Crippen LogP contribution in [0.25, 0.3) is 11.3 Å². The van der Waals surface area contributed by atoms with E-state index in [1.54, 1.807) is 36.4 Å². The summed E-state index contributed by atoms with van der Waals surface area (Å²) in [6.45, 7) is 0. The van der Waals surface area contributed by atoms with Crippen LogP contribution >= 0.6 is 34.7 Å². The van der Waals surface area contributed by atoms with Gasteiger partial charge in [0.1, 0.15) is 5.25 Å². The van der Waals surface area contributed by atoms with E-state index >= 15 is 0 Å². The van der Waals surface area contributed by atoms with Gasteiger partial charge < -0.3 is 15.7 Å². The van der Waals surface area contributed by atoms with E-state index in [0.29, 0.717) is 28.7 Å². The van der Waals surface area contributed by atoms with E-state index in [4.69, 9.17) is 11.6 Å². The summed E-state index contributed by atoms with van der Waals surface area (Å²) in [4.78, 5) is 43.5. The first-order valence-corrected chi connectivity index (χ1v) is 15.0. The Bertz CT molecular complexity index is 1570. The number of carbonyl (C=O) groups is 3. The number of rotatable bonds is 9. The summed E-state index contributed by atoms with van der Waals surface area (Å²) in [5, 5.41) is 17.8. The van der Waals surface area contributed by atoms with Crippen molar-refractivity contribution in [2.24, 2.45) is 11.8 Å². The predicted octanol–water partition coefficient (Wildman–Crippen LogP) is 7.54. The first-order chi connectivity index (χ1) is 19.9. The van der Waals surface area contributed by atoms with Crippen molar-refractivity contribution in [2.45, 2.75) is 23.0 Å². The number of amides is 2. The van der Waals surface area contributed by atoms with Gasteiger partial charge in [-0.3, -0.25) is 14.4 Å². The van der Waals surface area contributed by atoms with Crippen LogP contribution in [0.4, 0.5) is 10.8 Å². The highest BCUT2D eigenvalue weighted by Gasteiger charge is 2.34. The number of nitrogens with one attached hydrogen (secondary N) is 2. The molecule has 10 heteroatoms. The molecular weight excluding hydrogens is 578 g/mol. The molecular formula is C31H26ClN3O4S2. The maximum absolute atomic E-state index is 13.6. The lowest BCUT2D eigenvalue weighted by Crippen LogP contribution is -2.34. The molecule has 3 unspecified atom stereocenters. The zero-order valence-corrected chi connectivity index (χ0v) is 24.1. The molecule has 1 heterocycles. The average molecular weight is 604 g/mol. The number of thioether (sulfide) groups is 1. The molecule has 41 heavy (non-hydrogen) atoms. The lowest BCUT2D eigenvalue weighted by molar-refractivity contribution is -0.146. The molecule has 0 saturated carbocycles. The molecule has 3 N–H and O–H groups in total. The Kier molecular flexibility index (Phi) is 9.18. The van der Waals surface area contributed by atoms with Gasteiger partial charge in [-0.2, -0.15) is 0 Å². The first-order valence-electron chi connectivity index (χ1n) is 12.9. The summed E-state index contributed by atoms with van der Waals surface area (Å²) in [7, 11) is 0. The highest BCUT2D eigenvalue weighted by molar-refractivity contribution is 8.00. The molecule has 3 atom stereocenters. The second kappa shape index (κ2) is 13.2. The van der Waals surface area contributed by atoms with E-state index in [0.717, 1.165) is 21.7 Å². The van der Waals surface area contributed by atoms with E-state index in [9.17, 15) is 19.5 Å². The number of aromatic nitrogens is 1. The number of aliphatic carboxylic acids is 1. The molecule has 2 amide bonds. The van der Waals surface area contributed by atoms with Crippen LogP contribution in [-0.4, -0.2) is 27.9 Å². The molecule has 3 aromatic carbocycles. The van der Waals surface area contributed by atoms with Gasteiger partial charge in [-0.05, 0) is 48.7 Å². The van der Waals surface area contributed by atoms with Crippen molar-refractivity contribution >= 4 is 63.3 Å². The zero-order valence-electron chi connectivity index (χ0n) is 21.7. The predicted molar refractivity (Wildman–Crippen MR) is 164 cm³/mol. The van der Waals surface area contributed by atoms with Gasteiger partial charge in [0.15, 0.2) is 5.13 Å². The molecule has 0 saturated heterocycles. The summed E-state index contributed by atoms with van der Waals surface area (Å²) in [6.07, 6.45) is 4.36. The molecule has 4 aromatic rings. The quantitative estimate of drug-likeness (QED) is 0.135. The topological polar surface area (TPSA) is 108 Å². The number of hydrogen-bond acceptors (Lipinski definition) is 6. The van der Waals surface area contributed by atoms with Gasteiger partial charge in [-0.15, -0.1) is 23.1 Å². The fourth-order valence-electron chi connectivity index (χ4n) is 4.55. The maximum Gasteiger partial charge on any atom is 0.307 e. The van der Waals surface area contributed by atoms with E-state index in [1.165, 1.54) is 23.1 Å². The number of halogens is 1. The number of carboxylic acids is 1. The maximum atomic E-state index is 13.6. The van der Waals surface area contributed by atoms with Crippen LogP contribution in [0.3, 0.4) is 0 Å². The Morgan fingerprint density at radius 3 is 2.39 bits per heavy atom. The summed E-state index contributed by atoms with van der Waals surface area (Å²) in [6, 6.07) is 24.0. The smallest absolute Gasteiger partial charge is 0.307 e. The molecule has 1 aliphatic rings. The van der Waals surface area contributed by atoms with E-state index in [1.807, 2.05) is 60.0 Å². The van der Waals surface area contributed by atoms with E-state index in [2.05, 4.69) is 15.6 Å². The van der Waals surface area contributed by atoms with Crippen LogP contribution in [0.2, 0.25) is 5.02 Å². The molecule has 208 valence electrons. The normalized spacial score (nSPS) is 17.0. The number of carbonyl (C=O) groups excluding carboxylic acids is 2. The third kappa shape index (κ3) is 7.24. The van der Waals surface area contributed by atoms with Crippen molar-refractivity contribution in [3.05, 3.63) is 107 Å². The summed E-state index contributed by atoms with van der Waals surface area (Å²) in [5.74, 6) is -2.94. The second-order valence-electron chi connectivity index (χ2n) is 9.45. The van der Waals surface area contributed by atoms with Gasteiger partial charge in [0, 0.05) is 26.5 Å². The molecule has 5 rings (SSSR count). The Hall–Kier alpha value is -3.92. The van der Waals surface area contributed by atoms with Crippen molar-refractivity contribution in [2.75, 3.05) is 10.6 Å². The number of allylic oxidation sites excluding steroid dienone is 2. The van der Waals surface area contributed by atoms with Gasteiger partial charge >= 0.3 is 5.97 Å². The molecule has 0 aliphatic heterocycles. The molecule has 7 nitrogen and oxygen atoms in total. The van der Waals surface area contributed by atoms with Crippen molar-refractivity contribution in [1.82, 2.24) is 4.98 Å². The van der Waals surface area contributed by atoms with Crippen molar-refractivity contribution in [3.8, 4) is 11.3 Å². The minimum absolute atomic E-state index is 0.231. The lowest BCUT2D eigenvalue weighted by atomic mass is 9.82. The fourth-order valence-corrected chi connectivity index (χ4v) is 6.48. The fraction of sp³-hybridized carbons (Fsp3) is 0.161. The molecule has 1 aromatic heterocycles. The summed E-state index contributed by atoms with van der Waals surface area (Å²) < 4.78 is 0. The Morgan fingerprint density at radius 1 is 0.927 bits per heavy atom. The minimum atomic E-state index is -0.976. The van der Waals surface area contributed by atoms with Crippen LogP contribution in [-0.2, 0) is 14.4 Å². The van der Waals surface area contributed by atoms with E-state index in [-0.39, 0.29) is 11.8 Å². The Balaban J connectivity index is 1.32. The minimum Gasteiger partial charge on any atom is -0.481 e. The number of hydrogen-bond donors (Lipinski definition) is 3. The number of anilines is 2. The number of carboxylic acid groups (broad SMARTS) is 1. The molecule has 0 bridgehead atoms. The molecule has 1 aliphatic carbocycles. The third-order valence-corrected chi connectivity index (χ3v) is 8.91. The van der Waals surface area contributed by atoms with Gasteiger partial charge in [0.05, 0.1) is 17.5 Å². The van der Waals surface area contributed by atoms with Crippen molar-refractivity contribution in [3.63, 3.8) is 0 Å². The van der Waals surface area contributed by atoms with Gasteiger partial charge in [-0.1, -0.05) is 72.3 Å². The Morgan fingerprint density at radius 2 is 1.66 bits per heavy atom. The highest BCUT2D eigenvalue weighted by Crippen LogP contribution is 2.38. The summed E-state index contributed by atoms with van der Waals surface area (Å²) in [5.41, 5.74) is 3.00. The first kappa shape index (κ1) is 28.6. The van der Waals surface area contributed by atoms with Crippen LogP contribution in [0.15, 0.2) is 101 Å². The second-order valence-corrected chi connectivity index (χ2v) is 11.9. The van der Waals surface area contributed by atoms with Crippen LogP contribution in [0.1, 0.15) is 23.7 Å². The largest absolute Gasteiger partial charge is 0.481 e. The lowest BCUT2D eigenvalue weighted by Gasteiger charge is -2.24. The monoisotopic (exact) mass is 603 g/mol. The molecule has 0 radical (unpaired) electrons. The van der Waals surface area contributed by atoms with Gasteiger partial charge in [0.2, 0.25) is 11.8 Å². The van der Waals surface area contributed by atoms with Crippen molar-refractivity contribution < 1.29 is 19.5 Å². The zero-order chi connectivity index (χ0) is 28.8. The molecule has 0 spiro atoms. The SMILES string of the molecule is O=C(Nc1nc(-c2ccc(Cl)cc2)cs1)C(Sc1cccc(NC(=O)C2CC=CCC2C(=O)O)c1)c1ccccc1. The van der Waals surface area contributed by atoms with Crippen LogP contribution in [0, 0.1) is 11.8 Å². The third-order valence-electron chi connectivity index (χ3n) is 6.66. The standard InChI is InChI=1S/C31H26ClN3O4S2/c32-21-15-13-19(14-16-21)26-18-40-31(34-26)35-29(37)27(20-7-2-1-3-8-20)41-23-10-6-9-22(17-23)33-28(36)24-11-4-5-12-25(24)30(38)39/h1-10,13-18,24-25,27H,11-12H2,(H,33,36)(H,38,39)(H,34,35,37). The van der Waals surface area contributed by atoms with Gasteiger partial charge in [0.25, 0.3) is 0 Å². The van der Waals surface area contributed by atoms with Crippen molar-refractivity contribution in [1.29, 1.82) is 0 Å². The number of nitrogens with zero attached hydrogens (tertiary/aromatic N) is 1. The van der Waals surface area contributed by atoms with Gasteiger partial charge in [-0.25, -0.2) is 4.98 Å². The average Bonchev–Trinajstić information content (AvgIpc) is 3.45. The summed E-state index contributed by atoms with van der Waals surface area (Å²) >= 11 is 8.69. The Labute approximate surface area is 250 Å². The van der Waals surface area contributed by atoms with E-state index < -0.39 is 23.1 Å². The van der Waals surface area contributed by atoms with Crippen LogP contribution in [0.5, 0.6) is 0 Å².